The van der Waals surface area contributed by atoms with Crippen LogP contribution in [0.3, 0.4) is 0 Å². The highest BCUT2D eigenvalue weighted by Crippen LogP contribution is 2.41. The normalized spacial score (nSPS) is 21.3. The fourth-order valence-electron chi connectivity index (χ4n) is 1.69. The van der Waals surface area contributed by atoms with E-state index in [9.17, 15) is 14.8 Å². The molecule has 2 N–H and O–H groups in total. The average Bonchev–Trinajstić information content (AvgIpc) is 2.59. The SMILES string of the molecule is CC(=O)CC(=O)[N+]1([O-])C=Nc2c(N)cccc21. The van der Waals surface area contributed by atoms with Crippen LogP contribution in [0.4, 0.5) is 17.1 Å². The number of nitrogens with zero attached hydrogens (tertiary/aromatic N) is 2. The summed E-state index contributed by atoms with van der Waals surface area (Å²) in [7, 11) is 0. The highest BCUT2D eigenvalue weighted by atomic mass is 16.6. The largest absolute Gasteiger partial charge is 0.613 e. The molecule has 0 aromatic heterocycles. The Kier molecular flexibility index (Phi) is 2.53. The van der Waals surface area contributed by atoms with Crippen LogP contribution in [0.15, 0.2) is 23.2 Å². The molecule has 88 valence electrons. The Morgan fingerprint density at radius 3 is 2.82 bits per heavy atom. The maximum atomic E-state index is 12.3. The zero-order valence-electron chi connectivity index (χ0n) is 9.21. The summed E-state index contributed by atoms with van der Waals surface area (Å²) in [5, 5.41) is 12.3. The minimum atomic E-state index is -1.35. The van der Waals surface area contributed by atoms with Gasteiger partial charge in [-0.15, -0.1) is 0 Å². The zero-order valence-corrected chi connectivity index (χ0v) is 9.21. The first-order valence-electron chi connectivity index (χ1n) is 5.02. The summed E-state index contributed by atoms with van der Waals surface area (Å²) in [5.41, 5.74) is 6.46. The highest BCUT2D eigenvalue weighted by Gasteiger charge is 2.36. The summed E-state index contributed by atoms with van der Waals surface area (Å²) in [5.74, 6) is -1.11. The molecule has 0 fully saturated rings. The lowest BCUT2D eigenvalue weighted by atomic mass is 10.2. The number of nitrogens with two attached hydrogens (primary N) is 1. The molecule has 1 amide bonds. The smallest absolute Gasteiger partial charge is 0.332 e. The van der Waals surface area contributed by atoms with Crippen LogP contribution in [0.25, 0.3) is 0 Å². The molecule has 6 heteroatoms. The zero-order chi connectivity index (χ0) is 12.6. The number of nitrogen functional groups attached to an aromatic ring is 1. The van der Waals surface area contributed by atoms with Gasteiger partial charge in [0.15, 0.2) is 11.4 Å². The van der Waals surface area contributed by atoms with Crippen molar-refractivity contribution in [1.82, 2.24) is 4.65 Å². The van der Waals surface area contributed by atoms with Crippen molar-refractivity contribution in [2.45, 2.75) is 13.3 Å². The number of carbonyl (C=O) groups excluding carboxylic acids is 2. The molecule has 0 radical (unpaired) electrons. The number of carbonyl (C=O) groups is 2. The van der Waals surface area contributed by atoms with Crippen LogP contribution >= 0.6 is 0 Å². The number of benzene rings is 1. The molecule has 1 aromatic rings. The van der Waals surface area contributed by atoms with Gasteiger partial charge in [0.1, 0.15) is 12.2 Å². The van der Waals surface area contributed by atoms with E-state index in [1.54, 1.807) is 12.1 Å². The highest BCUT2D eigenvalue weighted by molar-refractivity contribution is 6.14. The van der Waals surface area contributed by atoms with Gasteiger partial charge >= 0.3 is 5.91 Å². The van der Waals surface area contributed by atoms with E-state index in [1.807, 2.05) is 0 Å². The molecule has 0 saturated heterocycles. The Balaban J connectivity index is 2.45. The average molecular weight is 233 g/mol. The van der Waals surface area contributed by atoms with E-state index >= 15 is 0 Å². The van der Waals surface area contributed by atoms with Crippen molar-refractivity contribution in [3.8, 4) is 0 Å². The summed E-state index contributed by atoms with van der Waals surface area (Å²) >= 11 is 0. The second-order valence-corrected chi connectivity index (χ2v) is 3.89. The van der Waals surface area contributed by atoms with Gasteiger partial charge in [-0.25, -0.2) is 9.44 Å². The van der Waals surface area contributed by atoms with Gasteiger partial charge in [0, 0.05) is 6.07 Å². The van der Waals surface area contributed by atoms with Crippen LogP contribution in [0.2, 0.25) is 0 Å². The van der Waals surface area contributed by atoms with Crippen molar-refractivity contribution in [2.24, 2.45) is 4.99 Å². The standard InChI is InChI=1S/C11H11N3O3/c1-7(15)5-10(16)14(17)6-13-11-8(12)3-2-4-9(11)14/h2-4,6H,5,12H2,1H3. The van der Waals surface area contributed by atoms with Gasteiger partial charge in [-0.3, -0.25) is 4.79 Å². The quantitative estimate of drug-likeness (QED) is 0.360. The number of rotatable bonds is 2. The Labute approximate surface area is 97.5 Å². The predicted octanol–water partition coefficient (Wildman–Crippen LogP) is 1.25. The van der Waals surface area contributed by atoms with E-state index in [4.69, 9.17) is 5.73 Å². The molecule has 6 nitrogen and oxygen atoms in total. The van der Waals surface area contributed by atoms with Crippen LogP contribution in [-0.4, -0.2) is 18.0 Å². The Bertz CT molecular complexity index is 539. The van der Waals surface area contributed by atoms with Gasteiger partial charge in [0.05, 0.1) is 5.69 Å². The molecule has 0 aliphatic carbocycles. The molecule has 1 aliphatic heterocycles. The van der Waals surface area contributed by atoms with Crippen molar-refractivity contribution < 1.29 is 9.59 Å². The minimum absolute atomic E-state index is 0.163. The van der Waals surface area contributed by atoms with Crippen LogP contribution in [0, 0.1) is 5.21 Å². The van der Waals surface area contributed by atoms with E-state index in [0.717, 1.165) is 6.34 Å². The minimum Gasteiger partial charge on any atom is -0.613 e. The number of Topliss-reactive ketones (excluding diaryl/α,β-unsaturated/α-hetero) is 1. The molecule has 1 aromatic carbocycles. The molecule has 1 heterocycles. The van der Waals surface area contributed by atoms with Crippen LogP contribution in [-0.2, 0) is 9.59 Å². The first-order valence-corrected chi connectivity index (χ1v) is 5.02. The van der Waals surface area contributed by atoms with Crippen molar-refractivity contribution in [3.63, 3.8) is 0 Å². The van der Waals surface area contributed by atoms with E-state index in [-0.39, 0.29) is 11.5 Å². The van der Waals surface area contributed by atoms with E-state index in [2.05, 4.69) is 4.99 Å². The van der Waals surface area contributed by atoms with E-state index in [1.165, 1.54) is 13.0 Å². The maximum absolute atomic E-state index is 12.3. The number of quaternary nitrogens is 1. The maximum Gasteiger partial charge on any atom is 0.332 e. The number of fused-ring (bicyclic) bond motifs is 1. The van der Waals surface area contributed by atoms with Gasteiger partial charge < -0.3 is 10.9 Å². The van der Waals surface area contributed by atoms with Gasteiger partial charge in [0.25, 0.3) is 0 Å². The Morgan fingerprint density at radius 2 is 2.18 bits per heavy atom. The molecule has 1 aliphatic rings. The van der Waals surface area contributed by atoms with Crippen molar-refractivity contribution in [3.05, 3.63) is 23.4 Å². The van der Waals surface area contributed by atoms with Gasteiger partial charge in [-0.1, -0.05) is 6.07 Å². The van der Waals surface area contributed by atoms with Crippen LogP contribution in [0.5, 0.6) is 0 Å². The number of hydrogen-bond donors (Lipinski definition) is 1. The lowest BCUT2D eigenvalue weighted by Crippen LogP contribution is -2.46. The molecular weight excluding hydrogens is 222 g/mol. The first kappa shape index (κ1) is 11.4. The molecule has 17 heavy (non-hydrogen) atoms. The first-order chi connectivity index (χ1) is 7.95. The monoisotopic (exact) mass is 233 g/mol. The second-order valence-electron chi connectivity index (χ2n) is 3.89. The third-order valence-corrected chi connectivity index (χ3v) is 2.52. The summed E-state index contributed by atoms with van der Waals surface area (Å²) < 4.78 is -1.35. The van der Waals surface area contributed by atoms with Crippen molar-refractivity contribution >= 4 is 35.1 Å². The number of para-hydroxylation sites is 1. The van der Waals surface area contributed by atoms with Crippen LogP contribution in [0.1, 0.15) is 13.3 Å². The van der Waals surface area contributed by atoms with Gasteiger partial charge in [-0.05, 0) is 13.0 Å². The summed E-state index contributed by atoms with van der Waals surface area (Å²) in [4.78, 5) is 26.5. The molecule has 2 rings (SSSR count). The molecule has 0 saturated carbocycles. The number of hydroxylamine groups is 2. The fraction of sp³-hybridized carbons (Fsp3) is 0.182. The number of amides is 1. The second kappa shape index (κ2) is 3.76. The van der Waals surface area contributed by atoms with Gasteiger partial charge in [-0.2, -0.15) is 4.99 Å². The summed E-state index contributed by atoms with van der Waals surface area (Å²) in [6, 6.07) is 4.67. The molecule has 1 atom stereocenters. The van der Waals surface area contributed by atoms with Crippen molar-refractivity contribution in [1.29, 1.82) is 0 Å². The Hall–Kier alpha value is -2.05. The lowest BCUT2D eigenvalue weighted by Gasteiger charge is -2.31. The molecule has 0 bridgehead atoms. The van der Waals surface area contributed by atoms with Gasteiger partial charge in [0.2, 0.25) is 6.34 Å². The topological polar surface area (TPSA) is 95.6 Å². The predicted molar refractivity (Wildman–Crippen MR) is 64.5 cm³/mol. The van der Waals surface area contributed by atoms with E-state index < -0.39 is 17.0 Å². The lowest BCUT2D eigenvalue weighted by molar-refractivity contribution is -0.129. The fourth-order valence-corrected chi connectivity index (χ4v) is 1.69. The molecule has 1 unspecified atom stereocenters. The molecular formula is C11H11N3O3. The number of anilines is 1. The van der Waals surface area contributed by atoms with Crippen LogP contribution < -0.4 is 10.4 Å². The van der Waals surface area contributed by atoms with Crippen molar-refractivity contribution in [2.75, 3.05) is 5.73 Å². The number of ketones is 1. The number of hydrogen-bond acceptors (Lipinski definition) is 5. The van der Waals surface area contributed by atoms with E-state index in [0.29, 0.717) is 11.4 Å². The summed E-state index contributed by atoms with van der Waals surface area (Å²) in [6.45, 7) is 1.26. The molecule has 0 spiro atoms. The third-order valence-electron chi connectivity index (χ3n) is 2.52. The number of aliphatic imine (C=N–C) groups is 1. The third kappa shape index (κ3) is 1.73. The Morgan fingerprint density at radius 1 is 1.47 bits per heavy atom. The summed E-state index contributed by atoms with van der Waals surface area (Å²) in [6.07, 6.45) is 0.552.